The van der Waals surface area contributed by atoms with Gasteiger partial charge in [-0.05, 0) is 45.3 Å². The van der Waals surface area contributed by atoms with Gasteiger partial charge in [-0.3, -0.25) is 0 Å². The second-order valence-electron chi connectivity index (χ2n) is 4.34. The molecule has 0 saturated carbocycles. The van der Waals surface area contributed by atoms with Gasteiger partial charge in [-0.2, -0.15) is 0 Å². The molecule has 21 heavy (non-hydrogen) atoms. The Morgan fingerprint density at radius 2 is 1.48 bits per heavy atom. The first-order chi connectivity index (χ1) is 10.2. The monoisotopic (exact) mass is 348 g/mol. The highest BCUT2D eigenvalue weighted by Crippen LogP contribution is 2.34. The molecular weight excluding hydrogens is 332 g/mol. The minimum atomic E-state index is 0.740. The van der Waals surface area contributed by atoms with Gasteiger partial charge in [0.25, 0.3) is 0 Å². The van der Waals surface area contributed by atoms with Crippen molar-refractivity contribution in [3.8, 4) is 17.2 Å². The van der Waals surface area contributed by atoms with Crippen molar-refractivity contribution in [3.05, 3.63) is 52.0 Å². The summed E-state index contributed by atoms with van der Waals surface area (Å²) >= 11 is 3.55. The maximum absolute atomic E-state index is 5.33. The fourth-order valence-corrected chi connectivity index (χ4v) is 2.40. The van der Waals surface area contributed by atoms with E-state index in [4.69, 9.17) is 14.2 Å². The SMILES string of the molecule is COc1ccc(/C=C/c2cc(OC)cc(OC)c2Br)cc1. The van der Waals surface area contributed by atoms with Crippen LogP contribution in [0.15, 0.2) is 40.9 Å². The van der Waals surface area contributed by atoms with E-state index in [9.17, 15) is 0 Å². The smallest absolute Gasteiger partial charge is 0.137 e. The molecular formula is C17H17BrO3. The van der Waals surface area contributed by atoms with Crippen LogP contribution >= 0.6 is 15.9 Å². The minimum Gasteiger partial charge on any atom is -0.497 e. The molecule has 2 aromatic rings. The Morgan fingerprint density at radius 1 is 0.810 bits per heavy atom. The van der Waals surface area contributed by atoms with E-state index >= 15 is 0 Å². The zero-order valence-corrected chi connectivity index (χ0v) is 13.8. The Kier molecular flexibility index (Phi) is 5.28. The first kappa shape index (κ1) is 15.4. The molecule has 0 atom stereocenters. The molecule has 0 aliphatic carbocycles. The summed E-state index contributed by atoms with van der Waals surface area (Å²) in [6.07, 6.45) is 4.04. The molecule has 3 nitrogen and oxygen atoms in total. The van der Waals surface area contributed by atoms with Crippen molar-refractivity contribution in [1.29, 1.82) is 0 Å². The molecule has 0 bridgehead atoms. The highest BCUT2D eigenvalue weighted by atomic mass is 79.9. The average molecular weight is 349 g/mol. The lowest BCUT2D eigenvalue weighted by Gasteiger charge is -2.09. The van der Waals surface area contributed by atoms with Crippen LogP contribution in [-0.4, -0.2) is 21.3 Å². The Labute approximate surface area is 133 Å². The number of hydrogen-bond acceptors (Lipinski definition) is 3. The number of ether oxygens (including phenoxy) is 3. The van der Waals surface area contributed by atoms with Gasteiger partial charge >= 0.3 is 0 Å². The Hall–Kier alpha value is -1.94. The standard InChI is InChI=1S/C17H17BrO3/c1-19-14-8-5-12(6-9-14)4-7-13-10-15(20-2)11-16(21-3)17(13)18/h4-11H,1-3H3/b7-4+. The van der Waals surface area contributed by atoms with Crippen LogP contribution in [0, 0.1) is 0 Å². The van der Waals surface area contributed by atoms with Crippen LogP contribution in [0.5, 0.6) is 17.2 Å². The molecule has 2 rings (SSSR count). The van der Waals surface area contributed by atoms with Gasteiger partial charge in [0, 0.05) is 6.07 Å². The Morgan fingerprint density at radius 3 is 2.05 bits per heavy atom. The predicted octanol–water partition coefficient (Wildman–Crippen LogP) is 4.65. The molecule has 0 fully saturated rings. The van der Waals surface area contributed by atoms with Gasteiger partial charge < -0.3 is 14.2 Å². The van der Waals surface area contributed by atoms with Gasteiger partial charge in [0.1, 0.15) is 17.2 Å². The molecule has 0 saturated heterocycles. The quantitative estimate of drug-likeness (QED) is 0.736. The van der Waals surface area contributed by atoms with Crippen molar-refractivity contribution < 1.29 is 14.2 Å². The lowest BCUT2D eigenvalue weighted by molar-refractivity contribution is 0.392. The highest BCUT2D eigenvalue weighted by molar-refractivity contribution is 9.10. The fourth-order valence-electron chi connectivity index (χ4n) is 1.88. The van der Waals surface area contributed by atoms with E-state index in [1.54, 1.807) is 21.3 Å². The third-order valence-corrected chi connectivity index (χ3v) is 3.92. The zero-order chi connectivity index (χ0) is 15.2. The van der Waals surface area contributed by atoms with Crippen molar-refractivity contribution in [3.63, 3.8) is 0 Å². The molecule has 0 unspecified atom stereocenters. The molecule has 0 aromatic heterocycles. The maximum Gasteiger partial charge on any atom is 0.137 e. The van der Waals surface area contributed by atoms with Gasteiger partial charge in [0.05, 0.1) is 25.8 Å². The van der Waals surface area contributed by atoms with Crippen molar-refractivity contribution in [2.24, 2.45) is 0 Å². The van der Waals surface area contributed by atoms with E-state index in [1.807, 2.05) is 48.6 Å². The summed E-state index contributed by atoms with van der Waals surface area (Å²) in [7, 11) is 4.93. The number of rotatable bonds is 5. The summed E-state index contributed by atoms with van der Waals surface area (Å²) in [5.74, 6) is 2.34. The molecule has 0 aliphatic rings. The van der Waals surface area contributed by atoms with Crippen LogP contribution in [0.3, 0.4) is 0 Å². The van der Waals surface area contributed by atoms with Gasteiger partial charge in [0.2, 0.25) is 0 Å². The van der Waals surface area contributed by atoms with Crippen LogP contribution in [0.4, 0.5) is 0 Å². The lowest BCUT2D eigenvalue weighted by atomic mass is 10.1. The van der Waals surface area contributed by atoms with Gasteiger partial charge in [-0.15, -0.1) is 0 Å². The van der Waals surface area contributed by atoms with Gasteiger partial charge in [-0.1, -0.05) is 24.3 Å². The molecule has 0 aliphatic heterocycles. The van der Waals surface area contributed by atoms with E-state index in [0.717, 1.165) is 32.8 Å². The van der Waals surface area contributed by atoms with Crippen molar-refractivity contribution in [1.82, 2.24) is 0 Å². The first-order valence-corrected chi connectivity index (χ1v) is 7.21. The van der Waals surface area contributed by atoms with Gasteiger partial charge in [0.15, 0.2) is 0 Å². The number of hydrogen-bond donors (Lipinski definition) is 0. The van der Waals surface area contributed by atoms with Crippen molar-refractivity contribution in [2.45, 2.75) is 0 Å². The van der Waals surface area contributed by atoms with Crippen molar-refractivity contribution in [2.75, 3.05) is 21.3 Å². The second kappa shape index (κ2) is 7.18. The molecule has 4 heteroatoms. The van der Waals surface area contributed by atoms with E-state index in [1.165, 1.54) is 0 Å². The molecule has 0 amide bonds. The Bertz CT molecular complexity index is 633. The van der Waals surface area contributed by atoms with Crippen LogP contribution in [0.25, 0.3) is 12.2 Å². The van der Waals surface area contributed by atoms with E-state index in [0.29, 0.717) is 0 Å². The largest absolute Gasteiger partial charge is 0.497 e. The van der Waals surface area contributed by atoms with Crippen LogP contribution in [0.1, 0.15) is 11.1 Å². The van der Waals surface area contributed by atoms with E-state index in [-0.39, 0.29) is 0 Å². The summed E-state index contributed by atoms with van der Waals surface area (Å²) in [6, 6.07) is 11.7. The maximum atomic E-state index is 5.33. The highest BCUT2D eigenvalue weighted by Gasteiger charge is 2.07. The topological polar surface area (TPSA) is 27.7 Å². The summed E-state index contributed by atoms with van der Waals surface area (Å²) in [5, 5.41) is 0. The minimum absolute atomic E-state index is 0.740. The molecule has 0 spiro atoms. The van der Waals surface area contributed by atoms with Crippen LogP contribution < -0.4 is 14.2 Å². The summed E-state index contributed by atoms with van der Waals surface area (Å²) in [4.78, 5) is 0. The normalized spacial score (nSPS) is 10.7. The van der Waals surface area contributed by atoms with Crippen LogP contribution in [-0.2, 0) is 0 Å². The molecule has 0 heterocycles. The summed E-state index contributed by atoms with van der Waals surface area (Å²) < 4.78 is 16.7. The summed E-state index contributed by atoms with van der Waals surface area (Å²) in [5.41, 5.74) is 2.08. The number of methoxy groups -OCH3 is 3. The molecule has 110 valence electrons. The Balaban J connectivity index is 2.30. The molecule has 0 radical (unpaired) electrons. The lowest BCUT2D eigenvalue weighted by Crippen LogP contribution is -1.90. The number of halogens is 1. The van der Waals surface area contributed by atoms with E-state index < -0.39 is 0 Å². The van der Waals surface area contributed by atoms with Crippen LogP contribution in [0.2, 0.25) is 0 Å². The second-order valence-corrected chi connectivity index (χ2v) is 5.13. The average Bonchev–Trinajstić information content (AvgIpc) is 2.54. The van der Waals surface area contributed by atoms with Crippen molar-refractivity contribution >= 4 is 28.1 Å². The first-order valence-electron chi connectivity index (χ1n) is 6.41. The summed E-state index contributed by atoms with van der Waals surface area (Å²) in [6.45, 7) is 0. The third-order valence-electron chi connectivity index (χ3n) is 3.07. The molecule has 0 N–H and O–H groups in total. The van der Waals surface area contributed by atoms with Gasteiger partial charge in [-0.25, -0.2) is 0 Å². The third kappa shape index (κ3) is 3.79. The fraction of sp³-hybridized carbons (Fsp3) is 0.176. The zero-order valence-electron chi connectivity index (χ0n) is 12.2. The predicted molar refractivity (Wildman–Crippen MR) is 89.2 cm³/mol. The number of benzene rings is 2. The van der Waals surface area contributed by atoms with E-state index in [2.05, 4.69) is 15.9 Å². The molecule has 2 aromatic carbocycles.